The summed E-state index contributed by atoms with van der Waals surface area (Å²) in [7, 11) is 1.20. The number of methoxy groups -OCH3 is 1. The van der Waals surface area contributed by atoms with Crippen LogP contribution in [0.3, 0.4) is 0 Å². The van der Waals surface area contributed by atoms with Gasteiger partial charge in [0.15, 0.2) is 5.75 Å². The van der Waals surface area contributed by atoms with Crippen LogP contribution in [-0.4, -0.2) is 40.8 Å². The van der Waals surface area contributed by atoms with Crippen LogP contribution in [0.1, 0.15) is 18.9 Å². The van der Waals surface area contributed by atoms with Crippen LogP contribution in [0.15, 0.2) is 17.7 Å². The van der Waals surface area contributed by atoms with Gasteiger partial charge in [-0.15, -0.1) is 0 Å². The predicted octanol–water partition coefficient (Wildman–Crippen LogP) is 1.73. The molecule has 1 aromatic rings. The predicted molar refractivity (Wildman–Crippen MR) is 78.2 cm³/mol. The van der Waals surface area contributed by atoms with Crippen molar-refractivity contribution in [1.82, 2.24) is 0 Å². The number of nitro benzene ring substituents is 1. The molecular weight excluding hydrogens is 310 g/mol. The van der Waals surface area contributed by atoms with E-state index in [9.17, 15) is 24.8 Å². The maximum atomic E-state index is 11.8. The maximum absolute atomic E-state index is 11.8. The largest absolute Gasteiger partial charge is 0.500 e. The van der Waals surface area contributed by atoms with Crippen LogP contribution < -0.4 is 4.74 Å². The van der Waals surface area contributed by atoms with Crippen LogP contribution in [0.5, 0.6) is 11.5 Å². The zero-order chi connectivity index (χ0) is 17.6. The number of carbonyl (C=O) groups excluding carboxylic acids is 1. The van der Waals surface area contributed by atoms with Crippen molar-refractivity contribution in [2.45, 2.75) is 13.3 Å². The number of hydrogen-bond acceptors (Lipinski definition) is 7. The third-order valence-corrected chi connectivity index (χ3v) is 2.71. The Hall–Kier alpha value is -3.10. The molecule has 0 amide bonds. The van der Waals surface area contributed by atoms with E-state index in [0.29, 0.717) is 0 Å². The van der Waals surface area contributed by atoms with Crippen LogP contribution in [0, 0.1) is 10.1 Å². The first-order valence-corrected chi connectivity index (χ1v) is 6.45. The molecule has 0 spiro atoms. The number of benzene rings is 1. The molecule has 1 aromatic carbocycles. The third-order valence-electron chi connectivity index (χ3n) is 2.71. The molecule has 0 aliphatic rings. The smallest absolute Gasteiger partial charge is 0.334 e. The molecule has 124 valence electrons. The van der Waals surface area contributed by atoms with Gasteiger partial charge in [0.1, 0.15) is 0 Å². The van der Waals surface area contributed by atoms with Crippen molar-refractivity contribution in [3.63, 3.8) is 0 Å². The number of hydrogen-bond donors (Lipinski definition) is 2. The summed E-state index contributed by atoms with van der Waals surface area (Å²) in [5, 5.41) is 29.5. The molecule has 0 saturated carbocycles. The van der Waals surface area contributed by atoms with Gasteiger partial charge in [0, 0.05) is 11.6 Å². The van der Waals surface area contributed by atoms with E-state index in [-0.39, 0.29) is 23.5 Å². The molecular formula is C14H15NO8. The molecule has 1 rings (SSSR count). The summed E-state index contributed by atoms with van der Waals surface area (Å²) in [5.74, 6) is -2.94. The Labute approximate surface area is 130 Å². The van der Waals surface area contributed by atoms with Gasteiger partial charge in [-0.3, -0.25) is 14.9 Å². The van der Waals surface area contributed by atoms with E-state index in [0.717, 1.165) is 12.1 Å². The normalized spacial score (nSPS) is 11.0. The number of ether oxygens (including phenoxy) is 2. The van der Waals surface area contributed by atoms with E-state index in [2.05, 4.69) is 0 Å². The second-order valence-electron chi connectivity index (χ2n) is 4.31. The number of aromatic hydroxyl groups is 1. The van der Waals surface area contributed by atoms with Gasteiger partial charge in [-0.1, -0.05) is 0 Å². The highest BCUT2D eigenvalue weighted by Gasteiger charge is 2.21. The van der Waals surface area contributed by atoms with Crippen LogP contribution in [0.2, 0.25) is 0 Å². The van der Waals surface area contributed by atoms with Crippen molar-refractivity contribution in [3.05, 3.63) is 33.4 Å². The summed E-state index contributed by atoms with van der Waals surface area (Å²) in [6, 6.07) is 2.24. The first-order valence-electron chi connectivity index (χ1n) is 6.45. The quantitative estimate of drug-likeness (QED) is 0.335. The number of phenolic OH excluding ortho intramolecular Hbond substituents is 1. The monoisotopic (exact) mass is 325 g/mol. The van der Waals surface area contributed by atoms with Gasteiger partial charge in [0.05, 0.1) is 25.1 Å². The zero-order valence-electron chi connectivity index (χ0n) is 12.4. The second kappa shape index (κ2) is 7.78. The van der Waals surface area contributed by atoms with Crippen molar-refractivity contribution < 1.29 is 34.2 Å². The molecule has 9 heteroatoms. The number of carbonyl (C=O) groups is 2. The van der Waals surface area contributed by atoms with Crippen LogP contribution in [0.25, 0.3) is 6.08 Å². The Morgan fingerprint density at radius 1 is 1.39 bits per heavy atom. The molecule has 9 nitrogen and oxygen atoms in total. The van der Waals surface area contributed by atoms with E-state index >= 15 is 0 Å². The average Bonchev–Trinajstić information content (AvgIpc) is 2.47. The SMILES string of the molecule is CCOC(=O)/C(=C\c1cc(OC)c(O)c([N+](=O)[O-])c1)CC(=O)O. The Morgan fingerprint density at radius 2 is 2.04 bits per heavy atom. The summed E-state index contributed by atoms with van der Waals surface area (Å²) in [6.45, 7) is 1.61. The molecule has 0 atom stereocenters. The topological polar surface area (TPSA) is 136 Å². The van der Waals surface area contributed by atoms with Gasteiger partial charge in [-0.2, -0.15) is 0 Å². The van der Waals surface area contributed by atoms with Crippen molar-refractivity contribution in [2.24, 2.45) is 0 Å². The molecule has 0 radical (unpaired) electrons. The molecule has 0 bridgehead atoms. The molecule has 0 aromatic heterocycles. The van der Waals surface area contributed by atoms with Gasteiger partial charge < -0.3 is 19.7 Å². The van der Waals surface area contributed by atoms with Crippen LogP contribution >= 0.6 is 0 Å². The summed E-state index contributed by atoms with van der Waals surface area (Å²) in [6.07, 6.45) is 0.525. The number of nitro groups is 1. The van der Waals surface area contributed by atoms with Gasteiger partial charge in [0.2, 0.25) is 5.75 Å². The Bertz CT molecular complexity index is 665. The van der Waals surface area contributed by atoms with Crippen LogP contribution in [0.4, 0.5) is 5.69 Å². The minimum absolute atomic E-state index is 0.0504. The zero-order valence-corrected chi connectivity index (χ0v) is 12.4. The lowest BCUT2D eigenvalue weighted by atomic mass is 10.1. The molecule has 0 unspecified atom stereocenters. The fourth-order valence-electron chi connectivity index (χ4n) is 1.76. The van der Waals surface area contributed by atoms with E-state index < -0.39 is 34.7 Å². The van der Waals surface area contributed by atoms with E-state index in [1.54, 1.807) is 6.92 Å². The molecule has 0 heterocycles. The van der Waals surface area contributed by atoms with Gasteiger partial charge in [-0.05, 0) is 24.6 Å². The van der Waals surface area contributed by atoms with Crippen molar-refractivity contribution in [1.29, 1.82) is 0 Å². The lowest BCUT2D eigenvalue weighted by Crippen LogP contribution is -2.11. The molecule has 23 heavy (non-hydrogen) atoms. The minimum atomic E-state index is -1.26. The summed E-state index contributed by atoms with van der Waals surface area (Å²) in [5.41, 5.74) is -0.703. The standard InChI is InChI=1S/C14H15NO8/c1-3-23-14(19)9(7-12(16)17)4-8-5-10(15(20)21)13(18)11(6-8)22-2/h4-6,18H,3,7H2,1-2H3,(H,16,17)/b9-4-. The maximum Gasteiger partial charge on any atom is 0.334 e. The highest BCUT2D eigenvalue weighted by molar-refractivity contribution is 5.98. The number of phenols is 1. The summed E-state index contributed by atoms with van der Waals surface area (Å²) >= 11 is 0. The average molecular weight is 325 g/mol. The van der Waals surface area contributed by atoms with Crippen LogP contribution in [-0.2, 0) is 14.3 Å². The van der Waals surface area contributed by atoms with E-state index in [4.69, 9.17) is 14.6 Å². The van der Waals surface area contributed by atoms with E-state index in [1.165, 1.54) is 13.2 Å². The van der Waals surface area contributed by atoms with Crippen molar-refractivity contribution in [3.8, 4) is 11.5 Å². The lowest BCUT2D eigenvalue weighted by molar-refractivity contribution is -0.386. The fourth-order valence-corrected chi connectivity index (χ4v) is 1.76. The number of rotatable bonds is 7. The minimum Gasteiger partial charge on any atom is -0.500 e. The third kappa shape index (κ3) is 4.70. The number of esters is 1. The summed E-state index contributed by atoms with van der Waals surface area (Å²) in [4.78, 5) is 32.7. The van der Waals surface area contributed by atoms with E-state index in [1.807, 2.05) is 0 Å². The van der Waals surface area contributed by atoms with Gasteiger partial charge >= 0.3 is 17.6 Å². The van der Waals surface area contributed by atoms with Crippen molar-refractivity contribution in [2.75, 3.05) is 13.7 Å². The first kappa shape index (κ1) is 18.0. The molecule has 2 N–H and O–H groups in total. The van der Waals surface area contributed by atoms with Gasteiger partial charge in [0.25, 0.3) is 0 Å². The molecule has 0 saturated heterocycles. The summed E-state index contributed by atoms with van der Waals surface area (Å²) < 4.78 is 9.58. The number of carboxylic acids is 1. The van der Waals surface area contributed by atoms with Crippen molar-refractivity contribution >= 4 is 23.7 Å². The lowest BCUT2D eigenvalue weighted by Gasteiger charge is -2.07. The Balaban J connectivity index is 3.40. The fraction of sp³-hybridized carbons (Fsp3) is 0.286. The van der Waals surface area contributed by atoms with Gasteiger partial charge in [-0.25, -0.2) is 4.79 Å². The highest BCUT2D eigenvalue weighted by Crippen LogP contribution is 2.37. The Kier molecular flexibility index (Phi) is 6.07. The highest BCUT2D eigenvalue weighted by atomic mass is 16.6. The Morgan fingerprint density at radius 3 is 2.52 bits per heavy atom. The number of nitrogens with zero attached hydrogens (tertiary/aromatic N) is 1. The second-order valence-corrected chi connectivity index (χ2v) is 4.31. The number of aliphatic carboxylic acids is 1. The number of carboxylic acid groups (broad SMARTS) is 1. The first-order chi connectivity index (χ1) is 10.8. The molecule has 0 aliphatic heterocycles. The molecule has 0 aliphatic carbocycles. The molecule has 0 fully saturated rings.